The normalized spacial score (nSPS) is 10.8. The Labute approximate surface area is 196 Å². The van der Waals surface area contributed by atoms with Gasteiger partial charge in [-0.1, -0.05) is 60.1 Å². The summed E-state index contributed by atoms with van der Waals surface area (Å²) in [6.07, 6.45) is 0.966. The smallest absolute Gasteiger partial charge is 0.234 e. The minimum atomic E-state index is -0.0947. The van der Waals surface area contributed by atoms with Gasteiger partial charge in [0, 0.05) is 22.0 Å². The van der Waals surface area contributed by atoms with Crippen LogP contribution in [0, 0.1) is 6.92 Å². The fraction of sp³-hybridized carbons (Fsp3) is 0.160. The Hall–Kier alpha value is -3.09. The van der Waals surface area contributed by atoms with Crippen molar-refractivity contribution in [2.45, 2.75) is 25.4 Å². The summed E-state index contributed by atoms with van der Waals surface area (Å²) >= 11 is 7.42. The number of amides is 1. The molecule has 0 spiro atoms. The molecule has 7 heteroatoms. The molecule has 1 amide bonds. The Morgan fingerprint density at radius 1 is 0.969 bits per heavy atom. The first kappa shape index (κ1) is 22.1. The lowest BCUT2D eigenvalue weighted by Gasteiger charge is -2.11. The molecule has 0 atom stereocenters. The van der Waals surface area contributed by atoms with Crippen LogP contribution in [0.15, 0.2) is 78.0 Å². The van der Waals surface area contributed by atoms with E-state index in [1.54, 1.807) is 0 Å². The lowest BCUT2D eigenvalue weighted by molar-refractivity contribution is -0.113. The highest BCUT2D eigenvalue weighted by molar-refractivity contribution is 7.99. The van der Waals surface area contributed by atoms with Crippen LogP contribution in [0.4, 0.5) is 5.69 Å². The first-order chi connectivity index (χ1) is 15.5. The SMILES string of the molecule is CCc1ccc(-n2c(SCC(=O)Nc3ccc(C)cc3)nnc2-c2ccc(Cl)cc2)cc1. The number of nitrogens with zero attached hydrogens (tertiary/aromatic N) is 3. The second-order valence-electron chi connectivity index (χ2n) is 7.37. The van der Waals surface area contributed by atoms with Crippen LogP contribution in [0.1, 0.15) is 18.1 Å². The van der Waals surface area contributed by atoms with Crippen LogP contribution in [0.5, 0.6) is 0 Å². The first-order valence-electron chi connectivity index (χ1n) is 10.3. The molecule has 3 aromatic carbocycles. The fourth-order valence-electron chi connectivity index (χ4n) is 3.23. The van der Waals surface area contributed by atoms with E-state index in [4.69, 9.17) is 11.6 Å². The third-order valence-electron chi connectivity index (χ3n) is 5.01. The van der Waals surface area contributed by atoms with Gasteiger partial charge in [0.25, 0.3) is 0 Å². The van der Waals surface area contributed by atoms with Gasteiger partial charge in [0.05, 0.1) is 5.75 Å². The zero-order valence-corrected chi connectivity index (χ0v) is 19.5. The van der Waals surface area contributed by atoms with Crippen molar-refractivity contribution >= 4 is 35.0 Å². The van der Waals surface area contributed by atoms with Gasteiger partial charge in [0.1, 0.15) is 0 Å². The molecule has 0 unspecified atom stereocenters. The maximum atomic E-state index is 12.5. The van der Waals surface area contributed by atoms with Crippen molar-refractivity contribution in [3.63, 3.8) is 0 Å². The second kappa shape index (κ2) is 10.0. The largest absolute Gasteiger partial charge is 0.325 e. The molecule has 1 heterocycles. The number of benzene rings is 3. The molecule has 1 aromatic heterocycles. The number of carbonyl (C=O) groups excluding carboxylic acids is 1. The number of hydrogen-bond donors (Lipinski definition) is 1. The Morgan fingerprint density at radius 3 is 2.31 bits per heavy atom. The van der Waals surface area contributed by atoms with E-state index in [0.29, 0.717) is 16.0 Å². The summed E-state index contributed by atoms with van der Waals surface area (Å²) in [6, 6.07) is 23.5. The number of hydrogen-bond acceptors (Lipinski definition) is 4. The van der Waals surface area contributed by atoms with Crippen LogP contribution in [0.25, 0.3) is 17.1 Å². The monoisotopic (exact) mass is 462 g/mol. The van der Waals surface area contributed by atoms with Crippen molar-refractivity contribution in [1.29, 1.82) is 0 Å². The molecule has 1 N–H and O–H groups in total. The van der Waals surface area contributed by atoms with Crippen molar-refractivity contribution < 1.29 is 4.79 Å². The van der Waals surface area contributed by atoms with Crippen molar-refractivity contribution in [2.24, 2.45) is 0 Å². The minimum Gasteiger partial charge on any atom is -0.325 e. The van der Waals surface area contributed by atoms with Gasteiger partial charge in [0.15, 0.2) is 11.0 Å². The molecule has 4 rings (SSSR count). The number of aryl methyl sites for hydroxylation is 2. The topological polar surface area (TPSA) is 59.8 Å². The average Bonchev–Trinajstić information content (AvgIpc) is 3.24. The zero-order valence-electron chi connectivity index (χ0n) is 17.9. The van der Waals surface area contributed by atoms with Crippen molar-refractivity contribution in [1.82, 2.24) is 14.8 Å². The van der Waals surface area contributed by atoms with Crippen LogP contribution in [0.3, 0.4) is 0 Å². The van der Waals surface area contributed by atoms with Crippen LogP contribution in [-0.2, 0) is 11.2 Å². The average molecular weight is 463 g/mol. The van der Waals surface area contributed by atoms with E-state index in [0.717, 1.165) is 28.9 Å². The summed E-state index contributed by atoms with van der Waals surface area (Å²) in [6.45, 7) is 4.14. The highest BCUT2D eigenvalue weighted by Crippen LogP contribution is 2.29. The van der Waals surface area contributed by atoms with Gasteiger partial charge in [-0.25, -0.2) is 0 Å². The summed E-state index contributed by atoms with van der Waals surface area (Å²) in [4.78, 5) is 12.5. The molecule has 0 saturated heterocycles. The Kier molecular flexibility index (Phi) is 6.93. The standard InChI is InChI=1S/C25H23ClN4OS/c1-3-18-6-14-22(15-7-18)30-24(19-8-10-20(26)11-9-19)28-29-25(30)32-16-23(31)27-21-12-4-17(2)5-13-21/h4-15H,3,16H2,1-2H3,(H,27,31). The van der Waals surface area contributed by atoms with E-state index >= 15 is 0 Å². The van der Waals surface area contributed by atoms with Gasteiger partial charge in [0.2, 0.25) is 5.91 Å². The second-order valence-corrected chi connectivity index (χ2v) is 8.75. The fourth-order valence-corrected chi connectivity index (χ4v) is 4.10. The lowest BCUT2D eigenvalue weighted by Crippen LogP contribution is -2.14. The van der Waals surface area contributed by atoms with E-state index in [1.807, 2.05) is 60.0 Å². The molecule has 0 bridgehead atoms. The van der Waals surface area contributed by atoms with E-state index in [2.05, 4.69) is 46.7 Å². The van der Waals surface area contributed by atoms with Crippen LogP contribution in [0.2, 0.25) is 5.02 Å². The highest BCUT2D eigenvalue weighted by Gasteiger charge is 2.17. The molecule has 0 fully saturated rings. The Morgan fingerprint density at radius 2 is 1.66 bits per heavy atom. The number of rotatable bonds is 7. The maximum absolute atomic E-state index is 12.5. The lowest BCUT2D eigenvalue weighted by atomic mass is 10.1. The predicted octanol–water partition coefficient (Wildman–Crippen LogP) is 6.19. The number of nitrogens with one attached hydrogen (secondary N) is 1. The number of anilines is 1. The first-order valence-corrected chi connectivity index (χ1v) is 11.7. The summed E-state index contributed by atoms with van der Waals surface area (Å²) in [5.41, 5.74) is 5.02. The van der Waals surface area contributed by atoms with Crippen molar-refractivity contribution in [3.05, 3.63) is 88.9 Å². The van der Waals surface area contributed by atoms with Gasteiger partial charge in [-0.2, -0.15) is 0 Å². The maximum Gasteiger partial charge on any atom is 0.234 e. The van der Waals surface area contributed by atoms with E-state index in [-0.39, 0.29) is 11.7 Å². The summed E-state index contributed by atoms with van der Waals surface area (Å²) < 4.78 is 1.98. The highest BCUT2D eigenvalue weighted by atomic mass is 35.5. The molecular weight excluding hydrogens is 440 g/mol. The molecule has 162 valence electrons. The molecule has 4 aromatic rings. The van der Waals surface area contributed by atoms with Gasteiger partial charge in [-0.15, -0.1) is 10.2 Å². The van der Waals surface area contributed by atoms with Crippen LogP contribution in [-0.4, -0.2) is 26.4 Å². The third-order valence-corrected chi connectivity index (χ3v) is 6.19. The predicted molar refractivity (Wildman–Crippen MR) is 132 cm³/mol. The molecule has 0 aliphatic carbocycles. The van der Waals surface area contributed by atoms with Gasteiger partial charge in [-0.05, 0) is 67.4 Å². The van der Waals surface area contributed by atoms with Crippen molar-refractivity contribution in [2.75, 3.05) is 11.1 Å². The third kappa shape index (κ3) is 5.21. The molecule has 5 nitrogen and oxygen atoms in total. The number of carbonyl (C=O) groups is 1. The van der Waals surface area contributed by atoms with Gasteiger partial charge >= 0.3 is 0 Å². The van der Waals surface area contributed by atoms with Gasteiger partial charge in [-0.3, -0.25) is 9.36 Å². The minimum absolute atomic E-state index is 0.0947. The Bertz CT molecular complexity index is 1200. The van der Waals surface area contributed by atoms with Crippen LogP contribution < -0.4 is 5.32 Å². The molecule has 32 heavy (non-hydrogen) atoms. The number of halogens is 1. The molecule has 0 radical (unpaired) electrons. The summed E-state index contributed by atoms with van der Waals surface area (Å²) in [5.74, 6) is 0.829. The van der Waals surface area contributed by atoms with E-state index < -0.39 is 0 Å². The number of aromatic nitrogens is 3. The molecule has 0 saturated carbocycles. The molecule has 0 aliphatic rings. The van der Waals surface area contributed by atoms with E-state index in [9.17, 15) is 4.79 Å². The summed E-state index contributed by atoms with van der Waals surface area (Å²) in [5, 5.41) is 13.1. The van der Waals surface area contributed by atoms with E-state index in [1.165, 1.54) is 17.3 Å². The quantitative estimate of drug-likeness (QED) is 0.333. The van der Waals surface area contributed by atoms with Crippen LogP contribution >= 0.6 is 23.4 Å². The molecular formula is C25H23ClN4OS. The molecule has 0 aliphatic heterocycles. The number of thioether (sulfide) groups is 1. The summed E-state index contributed by atoms with van der Waals surface area (Å²) in [7, 11) is 0. The zero-order chi connectivity index (χ0) is 22.5. The van der Waals surface area contributed by atoms with Gasteiger partial charge < -0.3 is 5.32 Å². The Balaban J connectivity index is 1.60. The van der Waals surface area contributed by atoms with Crippen molar-refractivity contribution in [3.8, 4) is 17.1 Å².